The Labute approximate surface area is 111 Å². The van der Waals surface area contributed by atoms with Crippen LogP contribution in [-0.2, 0) is 0 Å². The van der Waals surface area contributed by atoms with Gasteiger partial charge in [0.05, 0.1) is 0 Å². The average Bonchev–Trinajstić information content (AvgIpc) is 2.38. The Morgan fingerprint density at radius 2 is 1.89 bits per heavy atom. The summed E-state index contributed by atoms with van der Waals surface area (Å²) in [5, 5.41) is 8.15. The van der Waals surface area contributed by atoms with Crippen LogP contribution >= 0.6 is 11.8 Å². The number of hydrogen-bond donors (Lipinski definition) is 3. The highest BCUT2D eigenvalue weighted by Gasteiger charge is 2.16. The maximum absolute atomic E-state index is 11.7. The third-order valence-corrected chi connectivity index (χ3v) is 3.35. The fraction of sp³-hybridized carbons (Fsp3) is 0.727. The van der Waals surface area contributed by atoms with Gasteiger partial charge in [-0.05, 0) is 19.1 Å². The minimum absolute atomic E-state index is 0.238. The summed E-state index contributed by atoms with van der Waals surface area (Å²) in [6.45, 7) is 0. The van der Waals surface area contributed by atoms with E-state index in [1.165, 1.54) is 25.2 Å². The van der Waals surface area contributed by atoms with E-state index in [4.69, 9.17) is 0 Å². The highest BCUT2D eigenvalue weighted by molar-refractivity contribution is 8.13. The number of amides is 4. The van der Waals surface area contributed by atoms with E-state index in [0.29, 0.717) is 5.17 Å². The predicted octanol–water partition coefficient (Wildman–Crippen LogP) is 1.68. The Hall–Kier alpha value is -1.24. The molecule has 1 fully saturated rings. The van der Waals surface area contributed by atoms with E-state index in [1.807, 2.05) is 0 Å². The number of hydrogen-bond acceptors (Lipinski definition) is 3. The number of nitrogens with one attached hydrogen (secondary N) is 3. The molecule has 1 aliphatic rings. The average molecular weight is 272 g/mol. The molecule has 0 radical (unpaired) electrons. The molecule has 0 bridgehead atoms. The van der Waals surface area contributed by atoms with Crippen molar-refractivity contribution in [3.63, 3.8) is 0 Å². The van der Waals surface area contributed by atoms with Crippen molar-refractivity contribution in [2.75, 3.05) is 13.3 Å². The van der Waals surface area contributed by atoms with Crippen LogP contribution in [-0.4, -0.2) is 36.6 Å². The molecule has 0 aromatic carbocycles. The van der Waals surface area contributed by atoms with Crippen LogP contribution in [0.3, 0.4) is 0 Å². The molecule has 1 rings (SSSR count). The molecule has 0 spiro atoms. The summed E-state index contributed by atoms with van der Waals surface area (Å²) in [6.07, 6.45) is 7.36. The van der Waals surface area contributed by atoms with E-state index in [0.717, 1.165) is 25.7 Å². The molecule has 6 nitrogen and oxygen atoms in total. The van der Waals surface area contributed by atoms with Crippen molar-refractivity contribution in [2.24, 2.45) is 4.99 Å². The zero-order valence-electron chi connectivity index (χ0n) is 10.8. The SMILES string of the molecule is CNC(=O)N=C(NC(=O)NC1CCCCC1)SC. The minimum atomic E-state index is -0.475. The lowest BCUT2D eigenvalue weighted by molar-refractivity contribution is 0.237. The summed E-state index contributed by atoms with van der Waals surface area (Å²) in [6, 6.07) is -0.530. The van der Waals surface area contributed by atoms with E-state index >= 15 is 0 Å². The molecule has 7 heteroatoms. The molecule has 102 valence electrons. The molecule has 0 atom stereocenters. The van der Waals surface area contributed by atoms with Gasteiger partial charge < -0.3 is 10.6 Å². The first-order valence-electron chi connectivity index (χ1n) is 6.07. The molecular formula is C11H20N4O2S. The first kappa shape index (κ1) is 14.8. The number of aliphatic imine (C=N–C) groups is 1. The Kier molecular flexibility index (Phi) is 6.56. The standard InChI is InChI=1S/C11H20N4O2S/c1-12-9(16)14-11(18-2)15-10(17)13-8-6-4-3-5-7-8/h8H,3-7H2,1-2H3,(H3,12,13,14,15,16,17). The second kappa shape index (κ2) is 7.97. The quantitative estimate of drug-likeness (QED) is 0.501. The fourth-order valence-corrected chi connectivity index (χ4v) is 2.21. The van der Waals surface area contributed by atoms with Crippen molar-refractivity contribution < 1.29 is 9.59 Å². The number of amidine groups is 1. The Morgan fingerprint density at radius 1 is 1.22 bits per heavy atom. The van der Waals surface area contributed by atoms with Gasteiger partial charge in [-0.15, -0.1) is 0 Å². The zero-order valence-corrected chi connectivity index (χ0v) is 11.6. The van der Waals surface area contributed by atoms with Crippen LogP contribution < -0.4 is 16.0 Å². The van der Waals surface area contributed by atoms with Gasteiger partial charge in [0.2, 0.25) is 0 Å². The third kappa shape index (κ3) is 5.39. The van der Waals surface area contributed by atoms with Gasteiger partial charge in [0.25, 0.3) is 0 Å². The first-order valence-corrected chi connectivity index (χ1v) is 7.30. The van der Waals surface area contributed by atoms with Crippen molar-refractivity contribution >= 4 is 29.0 Å². The molecule has 0 aromatic rings. The number of nitrogens with zero attached hydrogens (tertiary/aromatic N) is 1. The topological polar surface area (TPSA) is 82.6 Å². The fourth-order valence-electron chi connectivity index (χ4n) is 1.84. The van der Waals surface area contributed by atoms with Gasteiger partial charge in [0.1, 0.15) is 0 Å². The van der Waals surface area contributed by atoms with Crippen LogP contribution in [0.15, 0.2) is 4.99 Å². The first-order chi connectivity index (χ1) is 8.65. The molecule has 0 unspecified atom stereocenters. The molecule has 3 N–H and O–H groups in total. The Balaban J connectivity index is 2.41. The molecule has 0 heterocycles. The van der Waals surface area contributed by atoms with E-state index in [9.17, 15) is 9.59 Å². The Bertz CT molecular complexity index is 327. The second-order valence-electron chi connectivity index (χ2n) is 4.11. The number of thioether (sulfide) groups is 1. The lowest BCUT2D eigenvalue weighted by atomic mass is 9.96. The van der Waals surface area contributed by atoms with Gasteiger partial charge in [-0.3, -0.25) is 5.32 Å². The molecule has 0 aliphatic heterocycles. The van der Waals surface area contributed by atoms with Gasteiger partial charge in [-0.1, -0.05) is 31.0 Å². The van der Waals surface area contributed by atoms with Crippen LogP contribution in [0.2, 0.25) is 0 Å². The zero-order chi connectivity index (χ0) is 13.4. The molecular weight excluding hydrogens is 252 g/mol. The van der Waals surface area contributed by atoms with Gasteiger partial charge in [-0.2, -0.15) is 4.99 Å². The van der Waals surface area contributed by atoms with Crippen molar-refractivity contribution in [2.45, 2.75) is 38.1 Å². The maximum Gasteiger partial charge on any atom is 0.343 e. The van der Waals surface area contributed by atoms with E-state index < -0.39 is 6.03 Å². The van der Waals surface area contributed by atoms with Crippen molar-refractivity contribution in [3.8, 4) is 0 Å². The molecule has 1 saturated carbocycles. The van der Waals surface area contributed by atoms with Gasteiger partial charge in [0.15, 0.2) is 5.17 Å². The van der Waals surface area contributed by atoms with Gasteiger partial charge in [-0.25, -0.2) is 9.59 Å². The van der Waals surface area contributed by atoms with E-state index in [2.05, 4.69) is 20.9 Å². The van der Waals surface area contributed by atoms with Gasteiger partial charge in [0, 0.05) is 13.1 Å². The molecule has 1 aliphatic carbocycles. The van der Waals surface area contributed by atoms with Crippen molar-refractivity contribution in [1.29, 1.82) is 0 Å². The van der Waals surface area contributed by atoms with E-state index in [-0.39, 0.29) is 12.1 Å². The number of carbonyl (C=O) groups is 2. The lowest BCUT2D eigenvalue weighted by Crippen LogP contribution is -2.44. The van der Waals surface area contributed by atoms with Gasteiger partial charge >= 0.3 is 12.1 Å². The van der Waals surface area contributed by atoms with Crippen molar-refractivity contribution in [1.82, 2.24) is 16.0 Å². The van der Waals surface area contributed by atoms with E-state index in [1.54, 1.807) is 6.26 Å². The van der Waals surface area contributed by atoms with Crippen molar-refractivity contribution in [3.05, 3.63) is 0 Å². The number of urea groups is 2. The minimum Gasteiger partial charge on any atom is -0.339 e. The molecule has 0 aromatic heterocycles. The second-order valence-corrected chi connectivity index (χ2v) is 4.90. The monoisotopic (exact) mass is 272 g/mol. The molecule has 4 amide bonds. The summed E-state index contributed by atoms with van der Waals surface area (Å²) in [4.78, 5) is 26.5. The molecule has 18 heavy (non-hydrogen) atoms. The Morgan fingerprint density at radius 3 is 2.44 bits per heavy atom. The normalized spacial score (nSPS) is 17.1. The summed E-state index contributed by atoms with van der Waals surface area (Å²) >= 11 is 1.22. The number of carbonyl (C=O) groups excluding carboxylic acids is 2. The third-order valence-electron chi connectivity index (χ3n) is 2.77. The maximum atomic E-state index is 11.7. The van der Waals surface area contributed by atoms with Crippen LogP contribution in [0.25, 0.3) is 0 Å². The summed E-state index contributed by atoms with van der Waals surface area (Å²) < 4.78 is 0. The number of rotatable bonds is 1. The highest BCUT2D eigenvalue weighted by atomic mass is 32.2. The van der Waals surface area contributed by atoms with Crippen LogP contribution in [0, 0.1) is 0 Å². The molecule has 0 saturated heterocycles. The largest absolute Gasteiger partial charge is 0.343 e. The lowest BCUT2D eigenvalue weighted by Gasteiger charge is -2.22. The summed E-state index contributed by atoms with van der Waals surface area (Å²) in [5.41, 5.74) is 0. The van der Waals surface area contributed by atoms with Crippen LogP contribution in [0.4, 0.5) is 9.59 Å². The highest BCUT2D eigenvalue weighted by Crippen LogP contribution is 2.17. The smallest absolute Gasteiger partial charge is 0.339 e. The summed E-state index contributed by atoms with van der Waals surface area (Å²) in [7, 11) is 1.49. The van der Waals surface area contributed by atoms with Crippen LogP contribution in [0.1, 0.15) is 32.1 Å². The summed E-state index contributed by atoms with van der Waals surface area (Å²) in [5.74, 6) is 0. The predicted molar refractivity (Wildman–Crippen MR) is 73.9 cm³/mol. The van der Waals surface area contributed by atoms with Crippen LogP contribution in [0.5, 0.6) is 0 Å².